The Bertz CT molecular complexity index is 448. The zero-order chi connectivity index (χ0) is 14.4. The summed E-state index contributed by atoms with van der Waals surface area (Å²) in [5, 5.41) is 2.64. The first-order valence-corrected chi connectivity index (χ1v) is 7.13. The molecule has 1 fully saturated rings. The average molecular weight is 278 g/mol. The fourth-order valence-corrected chi connectivity index (χ4v) is 2.99. The van der Waals surface area contributed by atoms with Crippen molar-refractivity contribution in [1.82, 2.24) is 9.88 Å². The van der Waals surface area contributed by atoms with Gasteiger partial charge in [-0.1, -0.05) is 19.3 Å². The lowest BCUT2D eigenvalue weighted by Crippen LogP contribution is -2.41. The first kappa shape index (κ1) is 14.6. The molecule has 5 heteroatoms. The van der Waals surface area contributed by atoms with Gasteiger partial charge in [0.05, 0.1) is 19.1 Å². The SMILES string of the molecule is COC(=O)CNC(=O)CC1(n2cccc2)CCCCC1. The highest BCUT2D eigenvalue weighted by molar-refractivity contribution is 5.82. The fourth-order valence-electron chi connectivity index (χ4n) is 2.99. The van der Waals surface area contributed by atoms with Crippen molar-refractivity contribution in [1.29, 1.82) is 0 Å². The van der Waals surface area contributed by atoms with Crippen LogP contribution in [0.25, 0.3) is 0 Å². The fraction of sp³-hybridized carbons (Fsp3) is 0.600. The minimum Gasteiger partial charge on any atom is -0.468 e. The van der Waals surface area contributed by atoms with E-state index in [4.69, 9.17) is 0 Å². The van der Waals surface area contributed by atoms with Gasteiger partial charge in [0.1, 0.15) is 6.54 Å². The molecular weight excluding hydrogens is 256 g/mol. The van der Waals surface area contributed by atoms with Crippen LogP contribution < -0.4 is 5.32 Å². The van der Waals surface area contributed by atoms with Gasteiger partial charge in [0.15, 0.2) is 0 Å². The van der Waals surface area contributed by atoms with Crippen LogP contribution >= 0.6 is 0 Å². The molecular formula is C15H22N2O3. The van der Waals surface area contributed by atoms with Crippen molar-refractivity contribution >= 4 is 11.9 Å². The molecule has 1 aliphatic carbocycles. The molecule has 0 aliphatic heterocycles. The maximum absolute atomic E-state index is 12.1. The van der Waals surface area contributed by atoms with E-state index in [0.717, 1.165) is 25.7 Å². The van der Waals surface area contributed by atoms with Crippen molar-refractivity contribution in [2.45, 2.75) is 44.1 Å². The topological polar surface area (TPSA) is 60.3 Å². The van der Waals surface area contributed by atoms with Gasteiger partial charge in [0, 0.05) is 12.4 Å². The zero-order valence-electron chi connectivity index (χ0n) is 11.9. The Labute approximate surface area is 119 Å². The molecule has 110 valence electrons. The summed E-state index contributed by atoms with van der Waals surface area (Å²) in [6.45, 7) is -0.0584. The lowest BCUT2D eigenvalue weighted by atomic mass is 9.78. The smallest absolute Gasteiger partial charge is 0.325 e. The third kappa shape index (κ3) is 3.40. The molecule has 1 N–H and O–H groups in total. The van der Waals surface area contributed by atoms with Crippen LogP contribution in [0.2, 0.25) is 0 Å². The minimum absolute atomic E-state index is 0.0584. The number of hydrogen-bond acceptors (Lipinski definition) is 3. The van der Waals surface area contributed by atoms with E-state index in [1.165, 1.54) is 13.5 Å². The predicted octanol–water partition coefficient (Wildman–Crippen LogP) is 1.83. The van der Waals surface area contributed by atoms with Crippen LogP contribution in [0.15, 0.2) is 24.5 Å². The molecule has 0 aromatic carbocycles. The van der Waals surface area contributed by atoms with Gasteiger partial charge in [-0.15, -0.1) is 0 Å². The number of rotatable bonds is 5. The monoisotopic (exact) mass is 278 g/mol. The summed E-state index contributed by atoms with van der Waals surface area (Å²) in [6.07, 6.45) is 9.99. The summed E-state index contributed by atoms with van der Waals surface area (Å²) >= 11 is 0. The average Bonchev–Trinajstić information content (AvgIpc) is 3.00. The number of esters is 1. The number of nitrogens with zero attached hydrogens (tertiary/aromatic N) is 1. The Morgan fingerprint density at radius 1 is 1.20 bits per heavy atom. The molecule has 0 saturated heterocycles. The number of methoxy groups -OCH3 is 1. The molecule has 1 saturated carbocycles. The predicted molar refractivity (Wildman–Crippen MR) is 75.1 cm³/mol. The number of ether oxygens (including phenoxy) is 1. The van der Waals surface area contributed by atoms with E-state index in [-0.39, 0.29) is 18.0 Å². The van der Waals surface area contributed by atoms with E-state index in [2.05, 4.69) is 14.6 Å². The summed E-state index contributed by atoms with van der Waals surface area (Å²) in [4.78, 5) is 23.2. The first-order valence-electron chi connectivity index (χ1n) is 7.13. The minimum atomic E-state index is -0.419. The second kappa shape index (κ2) is 6.59. The van der Waals surface area contributed by atoms with E-state index < -0.39 is 5.97 Å². The lowest BCUT2D eigenvalue weighted by molar-refractivity contribution is -0.141. The molecule has 1 aromatic heterocycles. The second-order valence-electron chi connectivity index (χ2n) is 5.40. The van der Waals surface area contributed by atoms with Crippen LogP contribution in [-0.4, -0.2) is 30.1 Å². The molecule has 1 aliphatic rings. The highest BCUT2D eigenvalue weighted by Crippen LogP contribution is 2.37. The zero-order valence-corrected chi connectivity index (χ0v) is 11.9. The Morgan fingerprint density at radius 3 is 2.45 bits per heavy atom. The van der Waals surface area contributed by atoms with Gasteiger partial charge in [-0.2, -0.15) is 0 Å². The Kier molecular flexibility index (Phi) is 4.82. The van der Waals surface area contributed by atoms with Crippen molar-refractivity contribution in [3.63, 3.8) is 0 Å². The Morgan fingerprint density at radius 2 is 1.85 bits per heavy atom. The van der Waals surface area contributed by atoms with Crippen LogP contribution in [0.5, 0.6) is 0 Å². The maximum atomic E-state index is 12.1. The van der Waals surface area contributed by atoms with Crippen molar-refractivity contribution < 1.29 is 14.3 Å². The molecule has 0 unspecified atom stereocenters. The number of amides is 1. The van der Waals surface area contributed by atoms with Crippen LogP contribution in [0.1, 0.15) is 38.5 Å². The van der Waals surface area contributed by atoms with Gasteiger partial charge in [-0.3, -0.25) is 9.59 Å². The van der Waals surface area contributed by atoms with Crippen molar-refractivity contribution in [3.8, 4) is 0 Å². The highest BCUT2D eigenvalue weighted by Gasteiger charge is 2.35. The summed E-state index contributed by atoms with van der Waals surface area (Å²) in [5.74, 6) is -0.511. The third-order valence-electron chi connectivity index (χ3n) is 4.08. The van der Waals surface area contributed by atoms with E-state index >= 15 is 0 Å². The number of carbonyl (C=O) groups excluding carboxylic acids is 2. The molecule has 0 spiro atoms. The van der Waals surface area contributed by atoms with Crippen LogP contribution in [-0.2, 0) is 19.9 Å². The molecule has 20 heavy (non-hydrogen) atoms. The van der Waals surface area contributed by atoms with Gasteiger partial charge in [-0.05, 0) is 25.0 Å². The van der Waals surface area contributed by atoms with E-state index in [9.17, 15) is 9.59 Å². The second-order valence-corrected chi connectivity index (χ2v) is 5.40. The molecule has 1 aromatic rings. The number of aromatic nitrogens is 1. The normalized spacial score (nSPS) is 17.4. The summed E-state index contributed by atoms with van der Waals surface area (Å²) in [5.41, 5.74) is -0.137. The lowest BCUT2D eigenvalue weighted by Gasteiger charge is -2.38. The van der Waals surface area contributed by atoms with Crippen LogP contribution in [0, 0.1) is 0 Å². The number of carbonyl (C=O) groups is 2. The van der Waals surface area contributed by atoms with Crippen LogP contribution in [0.4, 0.5) is 0 Å². The number of nitrogens with one attached hydrogen (secondary N) is 1. The van der Waals surface area contributed by atoms with Gasteiger partial charge < -0.3 is 14.6 Å². The van der Waals surface area contributed by atoms with Gasteiger partial charge in [0.2, 0.25) is 5.91 Å². The molecule has 1 heterocycles. The molecule has 0 atom stereocenters. The first-order chi connectivity index (χ1) is 9.66. The summed E-state index contributed by atoms with van der Waals surface area (Å²) in [7, 11) is 1.32. The van der Waals surface area contributed by atoms with Crippen molar-refractivity contribution in [2.75, 3.05) is 13.7 Å². The van der Waals surface area contributed by atoms with E-state index in [0.29, 0.717) is 6.42 Å². The van der Waals surface area contributed by atoms with Gasteiger partial charge in [-0.25, -0.2) is 0 Å². The van der Waals surface area contributed by atoms with Crippen molar-refractivity contribution in [3.05, 3.63) is 24.5 Å². The van der Waals surface area contributed by atoms with Crippen molar-refractivity contribution in [2.24, 2.45) is 0 Å². The molecule has 0 bridgehead atoms. The van der Waals surface area contributed by atoms with Gasteiger partial charge in [0.25, 0.3) is 0 Å². The summed E-state index contributed by atoms with van der Waals surface area (Å²) in [6, 6.07) is 3.98. The molecule has 2 rings (SSSR count). The molecule has 0 radical (unpaired) electrons. The Hall–Kier alpha value is -1.78. The quantitative estimate of drug-likeness (QED) is 0.836. The van der Waals surface area contributed by atoms with E-state index in [1.807, 2.05) is 24.5 Å². The third-order valence-corrected chi connectivity index (χ3v) is 4.08. The Balaban J connectivity index is 2.01. The summed E-state index contributed by atoms with van der Waals surface area (Å²) < 4.78 is 6.69. The largest absolute Gasteiger partial charge is 0.468 e. The maximum Gasteiger partial charge on any atom is 0.325 e. The highest BCUT2D eigenvalue weighted by atomic mass is 16.5. The standard InChI is InChI=1S/C15H22N2O3/c1-20-14(19)12-16-13(18)11-15(7-3-2-4-8-15)17-9-5-6-10-17/h5-6,9-10H,2-4,7-8,11-12H2,1H3,(H,16,18). The van der Waals surface area contributed by atoms with E-state index in [1.54, 1.807) is 0 Å². The molecule has 1 amide bonds. The molecule has 5 nitrogen and oxygen atoms in total. The van der Waals surface area contributed by atoms with Crippen LogP contribution in [0.3, 0.4) is 0 Å². The number of hydrogen-bond donors (Lipinski definition) is 1. The van der Waals surface area contributed by atoms with Gasteiger partial charge >= 0.3 is 5.97 Å².